The van der Waals surface area contributed by atoms with Crippen LogP contribution in [-0.4, -0.2) is 37.7 Å². The van der Waals surface area contributed by atoms with Crippen LogP contribution in [0.2, 0.25) is 0 Å². The Morgan fingerprint density at radius 3 is 2.27 bits per heavy atom. The fourth-order valence-electron chi connectivity index (χ4n) is 1.58. The lowest BCUT2D eigenvalue weighted by molar-refractivity contribution is -0.154. The number of carbonyl (C=O) groups is 2. The van der Waals surface area contributed by atoms with Crippen LogP contribution in [0, 0.1) is 0 Å². The molecule has 0 spiro atoms. The predicted molar refractivity (Wildman–Crippen MR) is 81.9 cm³/mol. The molecule has 0 aliphatic heterocycles. The molecule has 0 aliphatic carbocycles. The van der Waals surface area contributed by atoms with Crippen molar-refractivity contribution in [1.82, 2.24) is 5.32 Å². The van der Waals surface area contributed by atoms with E-state index < -0.39 is 12.1 Å². The Morgan fingerprint density at radius 1 is 1.14 bits per heavy atom. The fourth-order valence-corrected chi connectivity index (χ4v) is 1.58. The van der Waals surface area contributed by atoms with Gasteiger partial charge in [0.1, 0.15) is 11.5 Å². The van der Waals surface area contributed by atoms with Gasteiger partial charge in [-0.2, -0.15) is 0 Å². The highest BCUT2D eigenvalue weighted by molar-refractivity contribution is 5.82. The summed E-state index contributed by atoms with van der Waals surface area (Å²) in [6, 6.07) is 6.90. The molecule has 1 rings (SSSR count). The van der Waals surface area contributed by atoms with Gasteiger partial charge in [-0.05, 0) is 44.5 Å². The predicted octanol–water partition coefficient (Wildman–Crippen LogP) is 1.92. The van der Waals surface area contributed by atoms with Crippen LogP contribution in [0.4, 0.5) is 0 Å². The van der Waals surface area contributed by atoms with Gasteiger partial charge in [-0.1, -0.05) is 6.92 Å². The molecule has 0 aromatic heterocycles. The molecule has 1 N–H and O–H groups in total. The first kappa shape index (κ1) is 17.8. The summed E-state index contributed by atoms with van der Waals surface area (Å²) in [7, 11) is 1.57. The third-order valence-electron chi connectivity index (χ3n) is 3.07. The number of carbonyl (C=O) groups excluding carboxylic acids is 2. The van der Waals surface area contributed by atoms with Gasteiger partial charge in [-0.3, -0.25) is 4.79 Å². The molecule has 0 saturated carbocycles. The molecule has 0 aliphatic rings. The Labute approximate surface area is 130 Å². The summed E-state index contributed by atoms with van der Waals surface area (Å²) < 4.78 is 15.4. The van der Waals surface area contributed by atoms with E-state index in [4.69, 9.17) is 14.2 Å². The van der Waals surface area contributed by atoms with Crippen LogP contribution in [-0.2, 0) is 14.3 Å². The van der Waals surface area contributed by atoms with Gasteiger partial charge in [-0.25, -0.2) is 4.79 Å². The average Bonchev–Trinajstić information content (AvgIpc) is 2.53. The summed E-state index contributed by atoms with van der Waals surface area (Å²) in [4.78, 5) is 23.3. The highest BCUT2D eigenvalue weighted by Crippen LogP contribution is 2.18. The second kappa shape index (κ2) is 8.92. The van der Waals surface area contributed by atoms with E-state index >= 15 is 0 Å². The van der Waals surface area contributed by atoms with E-state index in [1.807, 2.05) is 13.8 Å². The van der Waals surface area contributed by atoms with Crippen LogP contribution in [0.1, 0.15) is 27.2 Å². The highest BCUT2D eigenvalue weighted by Gasteiger charge is 2.18. The summed E-state index contributed by atoms with van der Waals surface area (Å²) in [6.07, 6.45) is 0.0150. The molecule has 22 heavy (non-hydrogen) atoms. The lowest BCUT2D eigenvalue weighted by Gasteiger charge is -2.15. The molecule has 1 aromatic rings. The number of ether oxygens (including phenoxy) is 3. The Hall–Kier alpha value is -2.24. The third kappa shape index (κ3) is 6.03. The Morgan fingerprint density at radius 2 is 1.73 bits per heavy atom. The lowest BCUT2D eigenvalue weighted by atomic mass is 10.2. The molecule has 6 nitrogen and oxygen atoms in total. The van der Waals surface area contributed by atoms with Crippen molar-refractivity contribution < 1.29 is 23.8 Å². The zero-order valence-corrected chi connectivity index (χ0v) is 13.4. The van der Waals surface area contributed by atoms with Gasteiger partial charge >= 0.3 is 5.97 Å². The molecule has 122 valence electrons. The van der Waals surface area contributed by atoms with Gasteiger partial charge in [0.05, 0.1) is 7.11 Å². The maximum Gasteiger partial charge on any atom is 0.347 e. The van der Waals surface area contributed by atoms with Crippen LogP contribution in [0.3, 0.4) is 0 Å². The van der Waals surface area contributed by atoms with Crippen molar-refractivity contribution in [3.8, 4) is 11.5 Å². The number of amides is 1. The van der Waals surface area contributed by atoms with Crippen LogP contribution in [0.25, 0.3) is 0 Å². The van der Waals surface area contributed by atoms with Crippen molar-refractivity contribution in [3.05, 3.63) is 24.3 Å². The van der Waals surface area contributed by atoms with Crippen molar-refractivity contribution in [1.29, 1.82) is 0 Å². The Bertz CT molecular complexity index is 486. The smallest absolute Gasteiger partial charge is 0.347 e. The van der Waals surface area contributed by atoms with E-state index in [1.165, 1.54) is 0 Å². The molecule has 2 unspecified atom stereocenters. The number of benzene rings is 1. The van der Waals surface area contributed by atoms with Gasteiger partial charge in [0.15, 0.2) is 12.7 Å². The lowest BCUT2D eigenvalue weighted by Crippen LogP contribution is -2.37. The summed E-state index contributed by atoms with van der Waals surface area (Å²) in [5, 5.41) is 2.72. The summed E-state index contributed by atoms with van der Waals surface area (Å²) in [5.41, 5.74) is 0. The molecule has 0 heterocycles. The maximum absolute atomic E-state index is 11.8. The summed E-state index contributed by atoms with van der Waals surface area (Å²) in [6.45, 7) is 5.11. The minimum absolute atomic E-state index is 0.0548. The Kier molecular flexibility index (Phi) is 7.22. The number of esters is 1. The van der Waals surface area contributed by atoms with Crippen molar-refractivity contribution in [2.24, 2.45) is 0 Å². The van der Waals surface area contributed by atoms with Crippen molar-refractivity contribution in [2.75, 3.05) is 13.7 Å². The van der Waals surface area contributed by atoms with E-state index in [1.54, 1.807) is 38.3 Å². The van der Waals surface area contributed by atoms with Gasteiger partial charge < -0.3 is 19.5 Å². The molecule has 2 atom stereocenters. The highest BCUT2D eigenvalue weighted by atomic mass is 16.6. The molecular formula is C16H23NO5. The Balaban J connectivity index is 2.39. The van der Waals surface area contributed by atoms with E-state index in [9.17, 15) is 9.59 Å². The number of methoxy groups -OCH3 is 1. The van der Waals surface area contributed by atoms with Crippen LogP contribution < -0.4 is 14.8 Å². The zero-order valence-electron chi connectivity index (χ0n) is 13.4. The van der Waals surface area contributed by atoms with E-state index in [0.717, 1.165) is 6.42 Å². The second-order valence-corrected chi connectivity index (χ2v) is 4.92. The fraction of sp³-hybridized carbons (Fsp3) is 0.500. The first-order chi connectivity index (χ1) is 10.5. The van der Waals surface area contributed by atoms with Crippen molar-refractivity contribution in [3.63, 3.8) is 0 Å². The molecule has 6 heteroatoms. The number of hydrogen-bond donors (Lipinski definition) is 1. The van der Waals surface area contributed by atoms with E-state index in [2.05, 4.69) is 5.32 Å². The maximum atomic E-state index is 11.8. The third-order valence-corrected chi connectivity index (χ3v) is 3.07. The standard InChI is InChI=1S/C16H23NO5/c1-5-11(2)17-15(18)10-21-16(19)12(3)22-14-8-6-13(20-4)7-9-14/h6-9,11-12H,5,10H2,1-4H3,(H,17,18). The quantitative estimate of drug-likeness (QED) is 0.743. The monoisotopic (exact) mass is 309 g/mol. The zero-order chi connectivity index (χ0) is 16.5. The van der Waals surface area contributed by atoms with Crippen LogP contribution >= 0.6 is 0 Å². The number of nitrogens with one attached hydrogen (secondary N) is 1. The largest absolute Gasteiger partial charge is 0.497 e. The van der Waals surface area contributed by atoms with Crippen molar-refractivity contribution in [2.45, 2.75) is 39.3 Å². The van der Waals surface area contributed by atoms with Crippen LogP contribution in [0.5, 0.6) is 11.5 Å². The second-order valence-electron chi connectivity index (χ2n) is 4.92. The molecule has 0 bridgehead atoms. The van der Waals surface area contributed by atoms with E-state index in [-0.39, 0.29) is 18.6 Å². The number of hydrogen-bond acceptors (Lipinski definition) is 5. The van der Waals surface area contributed by atoms with Crippen molar-refractivity contribution >= 4 is 11.9 Å². The normalized spacial score (nSPS) is 12.9. The van der Waals surface area contributed by atoms with E-state index in [0.29, 0.717) is 11.5 Å². The molecule has 1 amide bonds. The van der Waals surface area contributed by atoms with Crippen LogP contribution in [0.15, 0.2) is 24.3 Å². The van der Waals surface area contributed by atoms with Gasteiger partial charge in [0.25, 0.3) is 5.91 Å². The van der Waals surface area contributed by atoms with Gasteiger partial charge in [-0.15, -0.1) is 0 Å². The molecule has 1 aromatic carbocycles. The first-order valence-corrected chi connectivity index (χ1v) is 7.23. The summed E-state index contributed by atoms with van der Waals surface area (Å²) >= 11 is 0. The minimum atomic E-state index is -0.801. The molecule has 0 saturated heterocycles. The molecule has 0 fully saturated rings. The van der Waals surface area contributed by atoms with Gasteiger partial charge in [0, 0.05) is 6.04 Å². The molecule has 0 radical (unpaired) electrons. The van der Waals surface area contributed by atoms with Gasteiger partial charge in [0.2, 0.25) is 0 Å². The number of rotatable bonds is 8. The summed E-state index contributed by atoms with van der Waals surface area (Å²) in [5.74, 6) is 0.313. The minimum Gasteiger partial charge on any atom is -0.497 e. The first-order valence-electron chi connectivity index (χ1n) is 7.23. The topological polar surface area (TPSA) is 73.9 Å². The average molecular weight is 309 g/mol. The SMILES string of the molecule is CCC(C)NC(=O)COC(=O)C(C)Oc1ccc(OC)cc1. The molecular weight excluding hydrogens is 286 g/mol.